The van der Waals surface area contributed by atoms with Gasteiger partial charge >= 0.3 is 5.97 Å². The van der Waals surface area contributed by atoms with Crippen LogP contribution in [0.15, 0.2) is 42.1 Å². The molecule has 12 atom stereocenters. The Hall–Kier alpha value is -3.64. The van der Waals surface area contributed by atoms with Crippen molar-refractivity contribution in [2.75, 3.05) is 27.3 Å². The van der Waals surface area contributed by atoms with E-state index in [4.69, 9.17) is 28.5 Å². The summed E-state index contributed by atoms with van der Waals surface area (Å²) in [6.07, 6.45) is -1.59. The molecule has 3 aliphatic rings. The third kappa shape index (κ3) is 9.89. The maximum absolute atomic E-state index is 14.3. The molecule has 0 amide bonds. The highest BCUT2D eigenvalue weighted by atomic mass is 16.7. The van der Waals surface area contributed by atoms with Crippen LogP contribution in [0.25, 0.3) is 5.69 Å². The lowest BCUT2D eigenvalue weighted by Gasteiger charge is -2.47. The van der Waals surface area contributed by atoms with Crippen molar-refractivity contribution in [2.45, 2.75) is 135 Å². The van der Waals surface area contributed by atoms with Gasteiger partial charge in [0.15, 0.2) is 12.1 Å². The first-order valence-corrected chi connectivity index (χ1v) is 19.5. The van der Waals surface area contributed by atoms with Gasteiger partial charge in [-0.2, -0.15) is 5.10 Å². The Balaban J connectivity index is 1.55. The number of rotatable bonds is 8. The van der Waals surface area contributed by atoms with Crippen LogP contribution in [0.1, 0.15) is 79.7 Å². The number of aliphatic hydroxyl groups is 2. The predicted molar refractivity (Wildman–Crippen MR) is 205 cm³/mol. The number of carbonyl (C=O) groups excluding carboxylic acids is 2. The lowest BCUT2D eigenvalue weighted by atomic mass is 9.76. The molecule has 2 aromatic rings. The van der Waals surface area contributed by atoms with Gasteiger partial charge in [0.1, 0.15) is 48.7 Å². The van der Waals surface area contributed by atoms with E-state index in [1.165, 1.54) is 20.2 Å². The van der Waals surface area contributed by atoms with Gasteiger partial charge in [-0.15, -0.1) is 0 Å². The number of cyclic esters (lactones) is 1. The molecule has 2 bridgehead atoms. The Morgan fingerprint density at radius 3 is 2.46 bits per heavy atom. The Bertz CT molecular complexity index is 1670. The van der Waals surface area contributed by atoms with E-state index in [2.05, 4.69) is 15.2 Å². The fourth-order valence-electron chi connectivity index (χ4n) is 7.96. The highest BCUT2D eigenvalue weighted by molar-refractivity contribution is 6.00. The Kier molecular flexibility index (Phi) is 14.2. The van der Waals surface area contributed by atoms with Crippen LogP contribution < -0.4 is 0 Å². The van der Waals surface area contributed by atoms with E-state index < -0.39 is 71.4 Å². The predicted octanol–water partition coefficient (Wildman–Crippen LogP) is 3.49. The lowest BCUT2D eigenvalue weighted by molar-refractivity contribution is -0.296. The second kappa shape index (κ2) is 18.3. The molecule has 0 radical (unpaired) electrons. The number of nitrogens with zero attached hydrogens (tertiary/aromatic N) is 5. The number of Topliss-reactive ketones (excluding diaryl/α,β-unsaturated/α-hetero) is 1. The maximum atomic E-state index is 14.3. The summed E-state index contributed by atoms with van der Waals surface area (Å²) in [5, 5.41) is 41.5. The largest absolute Gasteiger partial charge is 0.459 e. The van der Waals surface area contributed by atoms with Crippen LogP contribution in [0.4, 0.5) is 0 Å². The average molecular weight is 785 g/mol. The van der Waals surface area contributed by atoms with Gasteiger partial charge in [-0.3, -0.25) is 9.59 Å². The van der Waals surface area contributed by atoms with E-state index in [-0.39, 0.29) is 56.9 Å². The van der Waals surface area contributed by atoms with Gasteiger partial charge in [0, 0.05) is 24.1 Å². The zero-order chi connectivity index (χ0) is 40.9. The fourth-order valence-corrected chi connectivity index (χ4v) is 7.96. The van der Waals surface area contributed by atoms with Gasteiger partial charge in [0.25, 0.3) is 0 Å². The quantitative estimate of drug-likeness (QED) is 0.200. The SMILES string of the molecule is CC[C@@H]1OC(=O)[C@H](C)C(=O)[C@H](C)[C@@H](O[C@@H]2O[C@H](C)C[C@H](N(C)C)[C@H]2O)[C@@]2(C)C[C@@H](C)C(=N)C[C@H](OC/C(=N/OCc3ccc(-n4cncn4)cc3)CO2)[C@]1(C)O. The number of ketones is 1. The number of ether oxygens (including phenoxy) is 5. The molecule has 3 N–H and O–H groups in total. The van der Waals surface area contributed by atoms with Crippen LogP contribution in [0.5, 0.6) is 0 Å². The second-order valence-electron chi connectivity index (χ2n) is 16.3. The normalized spacial score (nSPS) is 37.4. The molecule has 4 heterocycles. The first kappa shape index (κ1) is 43.5. The summed E-state index contributed by atoms with van der Waals surface area (Å²) >= 11 is 0. The molecule has 0 aliphatic carbocycles. The minimum absolute atomic E-state index is 0.00654. The number of benzene rings is 1. The van der Waals surface area contributed by atoms with E-state index in [9.17, 15) is 25.2 Å². The third-order valence-corrected chi connectivity index (χ3v) is 11.6. The van der Waals surface area contributed by atoms with Crippen molar-refractivity contribution < 1.29 is 48.3 Å². The van der Waals surface area contributed by atoms with E-state index >= 15 is 0 Å². The Morgan fingerprint density at radius 1 is 1.11 bits per heavy atom. The summed E-state index contributed by atoms with van der Waals surface area (Å²) in [5.74, 6) is -3.93. The number of hydrogen-bond acceptors (Lipinski definition) is 15. The van der Waals surface area contributed by atoms with Crippen molar-refractivity contribution in [3.63, 3.8) is 0 Å². The molecule has 310 valence electrons. The van der Waals surface area contributed by atoms with E-state index in [0.717, 1.165) is 11.3 Å². The Morgan fingerprint density at radius 2 is 1.82 bits per heavy atom. The molecule has 3 saturated heterocycles. The molecule has 0 unspecified atom stereocenters. The number of likely N-dealkylation sites (N-methyl/N-ethyl adjacent to an activating group) is 1. The first-order valence-electron chi connectivity index (χ1n) is 19.5. The molecule has 1 aromatic carbocycles. The molecule has 16 heteroatoms. The molecular weight excluding hydrogens is 724 g/mol. The van der Waals surface area contributed by atoms with E-state index in [1.54, 1.807) is 31.8 Å². The lowest BCUT2D eigenvalue weighted by Crippen LogP contribution is -2.59. The van der Waals surface area contributed by atoms with Crippen molar-refractivity contribution in [2.24, 2.45) is 22.9 Å². The van der Waals surface area contributed by atoms with Crippen molar-refractivity contribution in [3.8, 4) is 5.69 Å². The third-order valence-electron chi connectivity index (χ3n) is 11.6. The summed E-state index contributed by atoms with van der Waals surface area (Å²) < 4.78 is 33.6. The Labute approximate surface area is 329 Å². The minimum atomic E-state index is -1.76. The van der Waals surface area contributed by atoms with Crippen molar-refractivity contribution >= 4 is 23.2 Å². The standard InChI is InChI=1S/C40H60N6O10/c1-10-32-40(7,50)33-16-30(41)23(2)17-39(6,52-20-28(19-51-33)44-53-18-27-11-13-29(14-12-27)46-22-42-21-43-46)36(25(4)34(47)26(5)37(49)55-32)56-38-35(48)31(45(8)9)15-24(3)54-38/h11-14,21-26,31-33,35-36,38,41,48,50H,10,15-20H2,1-9H3/b41-30?,44-28-/t23-,24-,25+,26-,31+,32+,33+,35-,36-,38+,39-,40-/m1/s1. The maximum Gasteiger partial charge on any atom is 0.316 e. The summed E-state index contributed by atoms with van der Waals surface area (Å²) in [5.41, 5.74) is -0.823. The number of carbonyl (C=O) groups is 2. The smallest absolute Gasteiger partial charge is 0.316 e. The zero-order valence-corrected chi connectivity index (χ0v) is 34.1. The molecule has 16 nitrogen and oxygen atoms in total. The van der Waals surface area contributed by atoms with Crippen LogP contribution in [-0.2, 0) is 44.7 Å². The zero-order valence-electron chi connectivity index (χ0n) is 34.1. The van der Waals surface area contributed by atoms with E-state index in [1.807, 2.05) is 57.1 Å². The van der Waals surface area contributed by atoms with Gasteiger partial charge in [-0.1, -0.05) is 38.1 Å². The minimum Gasteiger partial charge on any atom is -0.459 e. The van der Waals surface area contributed by atoms with Crippen molar-refractivity contribution in [1.82, 2.24) is 19.7 Å². The number of esters is 1. The number of nitrogens with one attached hydrogen (secondary N) is 1. The van der Waals surface area contributed by atoms with Gasteiger partial charge in [0.2, 0.25) is 0 Å². The molecular formula is C40H60N6O10. The van der Waals surface area contributed by atoms with Gasteiger partial charge in [0.05, 0.1) is 42.8 Å². The highest BCUT2D eigenvalue weighted by Crippen LogP contribution is 2.38. The number of fused-ring (bicyclic) bond motifs is 5. The molecule has 5 rings (SSSR count). The van der Waals surface area contributed by atoms with Gasteiger partial charge < -0.3 is 49.0 Å². The molecule has 0 spiro atoms. The van der Waals surface area contributed by atoms with Crippen molar-refractivity contribution in [3.05, 3.63) is 42.5 Å². The summed E-state index contributed by atoms with van der Waals surface area (Å²) in [6.45, 7) is 11.8. The van der Waals surface area contributed by atoms with Gasteiger partial charge in [-0.25, -0.2) is 9.67 Å². The first-order chi connectivity index (χ1) is 26.4. The molecule has 3 fully saturated rings. The number of aromatic nitrogens is 3. The van der Waals surface area contributed by atoms with Crippen LogP contribution in [0.3, 0.4) is 0 Å². The molecule has 56 heavy (non-hydrogen) atoms. The highest BCUT2D eigenvalue weighted by Gasteiger charge is 2.51. The second-order valence-corrected chi connectivity index (χ2v) is 16.3. The fraction of sp³-hybridized carbons (Fsp3) is 0.700. The van der Waals surface area contributed by atoms with Crippen LogP contribution in [0, 0.1) is 23.2 Å². The summed E-state index contributed by atoms with van der Waals surface area (Å²) in [4.78, 5) is 39.8. The van der Waals surface area contributed by atoms with Crippen molar-refractivity contribution in [1.29, 1.82) is 5.41 Å². The monoisotopic (exact) mass is 784 g/mol. The van der Waals surface area contributed by atoms with E-state index in [0.29, 0.717) is 12.1 Å². The molecule has 0 saturated carbocycles. The van der Waals surface area contributed by atoms with Gasteiger partial charge in [-0.05, 0) is 84.7 Å². The number of oxime groups is 1. The summed E-state index contributed by atoms with van der Waals surface area (Å²) in [6, 6.07) is 7.25. The number of hydrogen-bond donors (Lipinski definition) is 3. The topological polar surface area (TPSA) is 200 Å². The average Bonchev–Trinajstić information content (AvgIpc) is 3.70. The molecule has 3 aliphatic heterocycles. The van der Waals surface area contributed by atoms with Crippen LogP contribution in [-0.4, -0.2) is 134 Å². The van der Waals surface area contributed by atoms with Crippen LogP contribution in [0.2, 0.25) is 0 Å². The van der Waals surface area contributed by atoms with Crippen LogP contribution >= 0.6 is 0 Å². The summed E-state index contributed by atoms with van der Waals surface area (Å²) in [7, 11) is 3.75. The molecule has 1 aromatic heterocycles. The number of aliphatic hydroxyl groups excluding tert-OH is 1.